The number of nitrogens with zero attached hydrogens (tertiary/aromatic N) is 1. The Labute approximate surface area is 171 Å². The monoisotopic (exact) mass is 422 g/mol. The predicted octanol–water partition coefficient (Wildman–Crippen LogP) is 3.04. The molecule has 1 saturated carbocycles. The molecule has 0 aliphatic heterocycles. The second-order valence-corrected chi connectivity index (χ2v) is 10.0. The lowest BCUT2D eigenvalue weighted by Crippen LogP contribution is -2.41. The van der Waals surface area contributed by atoms with Crippen LogP contribution in [0.3, 0.4) is 0 Å². The van der Waals surface area contributed by atoms with E-state index < -0.39 is 10.0 Å². The van der Waals surface area contributed by atoms with Gasteiger partial charge in [0, 0.05) is 23.3 Å². The summed E-state index contributed by atoms with van der Waals surface area (Å²) in [5.74, 6) is -0.0886. The van der Waals surface area contributed by atoms with Crippen LogP contribution in [-0.4, -0.2) is 49.3 Å². The second-order valence-electron chi connectivity index (χ2n) is 8.04. The molecule has 2 heterocycles. The number of hydrogen-bond acceptors (Lipinski definition) is 6. The van der Waals surface area contributed by atoms with Crippen LogP contribution >= 0.6 is 0 Å². The van der Waals surface area contributed by atoms with Gasteiger partial charge in [0.15, 0.2) is 0 Å². The Morgan fingerprint density at radius 2 is 2.10 bits per heavy atom. The van der Waals surface area contributed by atoms with Gasteiger partial charge >= 0.3 is 5.97 Å². The number of carbonyl (C=O) groups is 1. The molecule has 2 aromatic rings. The van der Waals surface area contributed by atoms with Gasteiger partial charge in [-0.2, -0.15) is 0 Å². The number of sulfonamides is 1. The molecule has 160 valence electrons. The Hall–Kier alpha value is -2.13. The van der Waals surface area contributed by atoms with Gasteiger partial charge in [-0.05, 0) is 58.1 Å². The number of hydrogen-bond donors (Lipinski definition) is 3. The Bertz CT molecular complexity index is 962. The topological polar surface area (TPSA) is 113 Å². The number of aromatic nitrogens is 2. The van der Waals surface area contributed by atoms with Crippen LogP contribution in [0.2, 0.25) is 0 Å². The summed E-state index contributed by atoms with van der Waals surface area (Å²) in [6.07, 6.45) is 7.34. The molecular weight excluding hydrogens is 392 g/mol. The smallest absolute Gasteiger partial charge is 0.341 e. The number of fused-ring (bicyclic) bond motifs is 1. The van der Waals surface area contributed by atoms with Gasteiger partial charge < -0.3 is 15.0 Å². The molecule has 0 radical (unpaired) electrons. The van der Waals surface area contributed by atoms with Crippen LogP contribution in [0.15, 0.2) is 18.5 Å². The number of aromatic amines is 1. The summed E-state index contributed by atoms with van der Waals surface area (Å²) in [6.45, 7) is 4.44. The largest absolute Gasteiger partial charge is 0.462 e. The van der Waals surface area contributed by atoms with E-state index in [1.54, 1.807) is 12.4 Å². The Balaban J connectivity index is 1.80. The maximum Gasteiger partial charge on any atom is 0.341 e. The van der Waals surface area contributed by atoms with E-state index >= 15 is 0 Å². The third kappa shape index (κ3) is 5.08. The molecule has 0 unspecified atom stereocenters. The summed E-state index contributed by atoms with van der Waals surface area (Å²) in [6, 6.07) is 1.90. The molecule has 1 aliphatic rings. The second kappa shape index (κ2) is 8.71. The van der Waals surface area contributed by atoms with Crippen LogP contribution in [0, 0.1) is 5.92 Å². The zero-order chi connectivity index (χ0) is 21.1. The summed E-state index contributed by atoms with van der Waals surface area (Å²) >= 11 is 0. The highest BCUT2D eigenvalue weighted by atomic mass is 32.2. The zero-order valence-electron chi connectivity index (χ0n) is 17.2. The van der Waals surface area contributed by atoms with Crippen molar-refractivity contribution in [3.63, 3.8) is 0 Å². The number of carbonyl (C=O) groups excluding carboxylic acids is 1. The van der Waals surface area contributed by atoms with E-state index in [9.17, 15) is 13.2 Å². The fraction of sp³-hybridized carbons (Fsp3) is 0.600. The van der Waals surface area contributed by atoms with E-state index in [0.29, 0.717) is 17.8 Å². The molecule has 3 N–H and O–H groups in total. The van der Waals surface area contributed by atoms with Crippen molar-refractivity contribution >= 4 is 32.7 Å². The first-order valence-corrected chi connectivity index (χ1v) is 11.7. The lowest BCUT2D eigenvalue weighted by molar-refractivity contribution is 0.0505. The predicted molar refractivity (Wildman–Crippen MR) is 113 cm³/mol. The number of pyridine rings is 1. The number of anilines is 1. The molecule has 0 amide bonds. The summed E-state index contributed by atoms with van der Waals surface area (Å²) in [4.78, 5) is 20.0. The molecule has 8 nitrogen and oxygen atoms in total. The number of ether oxygens (including phenoxy) is 1. The highest BCUT2D eigenvalue weighted by Crippen LogP contribution is 2.37. The highest BCUT2D eigenvalue weighted by molar-refractivity contribution is 7.89. The van der Waals surface area contributed by atoms with Crippen LogP contribution < -0.4 is 10.0 Å². The quantitative estimate of drug-likeness (QED) is 0.564. The minimum absolute atomic E-state index is 0.140. The van der Waals surface area contributed by atoms with Crippen molar-refractivity contribution < 1.29 is 17.9 Å². The molecular formula is C20H30N4O4S. The van der Waals surface area contributed by atoms with Gasteiger partial charge in [0.1, 0.15) is 11.2 Å². The van der Waals surface area contributed by atoms with E-state index in [1.807, 2.05) is 13.0 Å². The fourth-order valence-electron chi connectivity index (χ4n) is 3.87. The van der Waals surface area contributed by atoms with Crippen molar-refractivity contribution in [2.24, 2.45) is 5.92 Å². The van der Waals surface area contributed by atoms with Crippen LogP contribution in [0.1, 0.15) is 56.3 Å². The summed E-state index contributed by atoms with van der Waals surface area (Å²) in [7, 11) is -1.75. The summed E-state index contributed by atoms with van der Waals surface area (Å²) in [5.41, 5.74) is 1.61. The summed E-state index contributed by atoms with van der Waals surface area (Å²) in [5, 5.41) is 4.43. The summed E-state index contributed by atoms with van der Waals surface area (Å²) < 4.78 is 31.5. The van der Waals surface area contributed by atoms with E-state index in [1.165, 1.54) is 7.05 Å². The van der Waals surface area contributed by atoms with Gasteiger partial charge in [-0.1, -0.05) is 6.92 Å². The Kier molecular flexibility index (Phi) is 6.48. The molecule has 0 atom stereocenters. The molecule has 2 aromatic heterocycles. The van der Waals surface area contributed by atoms with Crippen molar-refractivity contribution in [2.45, 2.75) is 51.5 Å². The van der Waals surface area contributed by atoms with Gasteiger partial charge in [0.2, 0.25) is 10.0 Å². The van der Waals surface area contributed by atoms with Crippen LogP contribution in [0.5, 0.6) is 0 Å². The lowest BCUT2D eigenvalue weighted by atomic mass is 9.78. The highest BCUT2D eigenvalue weighted by Gasteiger charge is 2.34. The van der Waals surface area contributed by atoms with Crippen molar-refractivity contribution in [1.82, 2.24) is 14.7 Å². The van der Waals surface area contributed by atoms with Crippen molar-refractivity contribution in [3.8, 4) is 0 Å². The number of esters is 1. The third-order valence-corrected chi connectivity index (χ3v) is 7.18. The fourth-order valence-corrected chi connectivity index (χ4v) is 4.99. The van der Waals surface area contributed by atoms with E-state index in [4.69, 9.17) is 4.74 Å². The van der Waals surface area contributed by atoms with Crippen LogP contribution in [-0.2, 0) is 14.8 Å². The molecule has 29 heavy (non-hydrogen) atoms. The molecule has 0 bridgehead atoms. The number of H-pyrrole nitrogens is 1. The first-order chi connectivity index (χ1) is 13.8. The molecule has 1 fully saturated rings. The van der Waals surface area contributed by atoms with E-state index in [2.05, 4.69) is 26.9 Å². The molecule has 1 aliphatic carbocycles. The maximum atomic E-state index is 12.6. The number of nitrogens with one attached hydrogen (secondary N) is 3. The minimum Gasteiger partial charge on any atom is -0.462 e. The Morgan fingerprint density at radius 1 is 1.38 bits per heavy atom. The Morgan fingerprint density at radius 3 is 2.76 bits per heavy atom. The van der Waals surface area contributed by atoms with Crippen molar-refractivity contribution in [2.75, 3.05) is 24.7 Å². The molecule has 0 aromatic carbocycles. The molecule has 3 rings (SSSR count). The van der Waals surface area contributed by atoms with Gasteiger partial charge in [0.05, 0.1) is 18.0 Å². The van der Waals surface area contributed by atoms with Gasteiger partial charge in [0.25, 0.3) is 0 Å². The normalized spacial score (nSPS) is 22.5. The molecule has 9 heteroatoms. The van der Waals surface area contributed by atoms with Gasteiger partial charge in [-0.15, -0.1) is 0 Å². The standard InChI is InChI=1S/C20H30N4O4S/c1-4-11-28-19(25)16-12-23-18-15(7-10-22-18)17(16)24-20(2)8-5-14(6-9-20)13-29(26,27)21-3/h7,10,12,14,21H,4-6,8-9,11,13H2,1-3H3,(H2,22,23,24). The number of rotatable bonds is 8. The van der Waals surface area contributed by atoms with Crippen molar-refractivity contribution in [3.05, 3.63) is 24.0 Å². The SMILES string of the molecule is CCCOC(=O)c1cnc2[nH]ccc2c1NC1(C)CCC(CS(=O)(=O)NC)CC1. The van der Waals surface area contributed by atoms with Crippen LogP contribution in [0.4, 0.5) is 5.69 Å². The van der Waals surface area contributed by atoms with E-state index in [0.717, 1.165) is 43.2 Å². The third-order valence-electron chi connectivity index (χ3n) is 5.65. The van der Waals surface area contributed by atoms with Gasteiger partial charge in [-0.25, -0.2) is 22.9 Å². The molecule has 0 spiro atoms. The first kappa shape index (κ1) is 21.6. The van der Waals surface area contributed by atoms with Gasteiger partial charge in [-0.3, -0.25) is 0 Å². The zero-order valence-corrected chi connectivity index (χ0v) is 18.1. The average Bonchev–Trinajstić information content (AvgIpc) is 3.17. The van der Waals surface area contributed by atoms with E-state index in [-0.39, 0.29) is 23.2 Å². The lowest BCUT2D eigenvalue weighted by Gasteiger charge is -2.39. The minimum atomic E-state index is -3.21. The van der Waals surface area contributed by atoms with Crippen molar-refractivity contribution in [1.29, 1.82) is 0 Å². The van der Waals surface area contributed by atoms with Crippen LogP contribution in [0.25, 0.3) is 11.0 Å². The average molecular weight is 423 g/mol. The maximum absolute atomic E-state index is 12.6. The molecule has 0 saturated heterocycles. The first-order valence-electron chi connectivity index (χ1n) is 10.1.